The lowest BCUT2D eigenvalue weighted by atomic mass is 10.0. The van der Waals surface area contributed by atoms with Crippen molar-refractivity contribution in [3.8, 4) is 5.75 Å². The number of rotatable bonds is 16. The summed E-state index contributed by atoms with van der Waals surface area (Å²) in [5.41, 5.74) is 2.14. The van der Waals surface area contributed by atoms with Crippen LogP contribution in [0.5, 0.6) is 5.75 Å². The van der Waals surface area contributed by atoms with Crippen molar-refractivity contribution in [1.82, 2.24) is 0 Å². The van der Waals surface area contributed by atoms with E-state index in [-0.39, 0.29) is 6.10 Å². The smallest absolute Gasteiger partial charge is 0.343 e. The number of unbranched alkanes of at least 4 members (excludes halogenated alkanes) is 7. The van der Waals surface area contributed by atoms with Gasteiger partial charge >= 0.3 is 11.9 Å². The number of aryl methyl sites for hydroxylation is 1. The lowest BCUT2D eigenvalue weighted by Gasteiger charge is -2.13. The van der Waals surface area contributed by atoms with Gasteiger partial charge in [-0.25, -0.2) is 9.59 Å². The summed E-state index contributed by atoms with van der Waals surface area (Å²) >= 11 is 0. The average molecular weight is 469 g/mol. The largest absolute Gasteiger partial charge is 0.457 e. The van der Waals surface area contributed by atoms with Gasteiger partial charge in [-0.1, -0.05) is 64.0 Å². The number of hydrogen-bond acceptors (Lipinski definition) is 5. The number of carbonyl (C=O) groups is 2. The average Bonchev–Trinajstić information content (AvgIpc) is 2.85. The fraction of sp³-hybridized carbons (Fsp3) is 0.517. The summed E-state index contributed by atoms with van der Waals surface area (Å²) in [6.45, 7) is 6.85. The Bertz CT molecular complexity index is 842. The monoisotopic (exact) mass is 468 g/mol. The van der Waals surface area contributed by atoms with E-state index in [2.05, 4.69) is 6.92 Å². The van der Waals surface area contributed by atoms with Crippen molar-refractivity contribution in [1.29, 1.82) is 0 Å². The zero-order chi connectivity index (χ0) is 24.6. The molecule has 0 radical (unpaired) electrons. The van der Waals surface area contributed by atoms with E-state index in [1.54, 1.807) is 31.2 Å². The highest BCUT2D eigenvalue weighted by molar-refractivity contribution is 5.92. The van der Waals surface area contributed by atoms with Crippen molar-refractivity contribution in [2.75, 3.05) is 13.2 Å². The van der Waals surface area contributed by atoms with Crippen LogP contribution in [0.4, 0.5) is 0 Å². The molecule has 5 nitrogen and oxygen atoms in total. The molecule has 2 aromatic carbocycles. The molecule has 186 valence electrons. The van der Waals surface area contributed by atoms with Gasteiger partial charge in [0.15, 0.2) is 0 Å². The van der Waals surface area contributed by atoms with Crippen LogP contribution in [0.1, 0.15) is 98.4 Å². The molecule has 5 heteroatoms. The Morgan fingerprint density at radius 3 is 1.91 bits per heavy atom. The zero-order valence-corrected chi connectivity index (χ0v) is 21.0. The number of hydrogen-bond donors (Lipinski definition) is 0. The summed E-state index contributed by atoms with van der Waals surface area (Å²) in [6.07, 6.45) is 11.1. The summed E-state index contributed by atoms with van der Waals surface area (Å²) in [5.74, 6) is -0.469. The molecule has 0 aliphatic carbocycles. The quantitative estimate of drug-likeness (QED) is 0.148. The van der Waals surface area contributed by atoms with Crippen LogP contribution >= 0.6 is 0 Å². The van der Waals surface area contributed by atoms with Crippen molar-refractivity contribution in [3.63, 3.8) is 0 Å². The molecule has 0 spiro atoms. The third-order valence-electron chi connectivity index (χ3n) is 5.67. The van der Waals surface area contributed by atoms with Gasteiger partial charge in [-0.05, 0) is 68.7 Å². The standard InChI is InChI=1S/C29H40O5/c1-4-6-7-8-9-10-11-12-13-24-14-16-25(17-15-24)29(31)34-27-20-18-26(19-21-27)28(30)33-23(3)22-32-5-2/h14-21,23H,4-13,22H2,1-3H3. The first-order chi connectivity index (χ1) is 16.5. The second-order valence-electron chi connectivity index (χ2n) is 8.71. The van der Waals surface area contributed by atoms with Crippen LogP contribution in [-0.4, -0.2) is 31.3 Å². The third-order valence-corrected chi connectivity index (χ3v) is 5.67. The van der Waals surface area contributed by atoms with Gasteiger partial charge < -0.3 is 14.2 Å². The lowest BCUT2D eigenvalue weighted by Crippen LogP contribution is -2.20. The van der Waals surface area contributed by atoms with Gasteiger partial charge in [0.25, 0.3) is 0 Å². The molecule has 34 heavy (non-hydrogen) atoms. The van der Waals surface area contributed by atoms with E-state index in [0.717, 1.165) is 6.42 Å². The Balaban J connectivity index is 1.74. The molecule has 0 saturated heterocycles. The molecule has 0 N–H and O–H groups in total. The lowest BCUT2D eigenvalue weighted by molar-refractivity contribution is 0.00439. The number of carbonyl (C=O) groups excluding carboxylic acids is 2. The van der Waals surface area contributed by atoms with Crippen LogP contribution in [-0.2, 0) is 15.9 Å². The van der Waals surface area contributed by atoms with Gasteiger partial charge in [0.2, 0.25) is 0 Å². The fourth-order valence-corrected chi connectivity index (χ4v) is 3.66. The Morgan fingerprint density at radius 1 is 0.735 bits per heavy atom. The topological polar surface area (TPSA) is 61.8 Å². The van der Waals surface area contributed by atoms with E-state index in [1.807, 2.05) is 31.2 Å². The summed E-state index contributed by atoms with van der Waals surface area (Å²) in [6, 6.07) is 14.0. The molecule has 0 aliphatic heterocycles. The zero-order valence-electron chi connectivity index (χ0n) is 21.0. The maximum atomic E-state index is 12.5. The molecule has 0 fully saturated rings. The normalized spacial score (nSPS) is 11.7. The first-order valence-corrected chi connectivity index (χ1v) is 12.7. The number of benzene rings is 2. The van der Waals surface area contributed by atoms with Crippen molar-refractivity contribution in [3.05, 3.63) is 65.2 Å². The van der Waals surface area contributed by atoms with E-state index in [1.165, 1.54) is 56.9 Å². The molecule has 0 saturated carbocycles. The summed E-state index contributed by atoms with van der Waals surface area (Å²) in [5, 5.41) is 0. The van der Waals surface area contributed by atoms with Gasteiger partial charge in [-0.3, -0.25) is 0 Å². The highest BCUT2D eigenvalue weighted by atomic mass is 16.6. The van der Waals surface area contributed by atoms with Gasteiger partial charge in [0.05, 0.1) is 17.7 Å². The third kappa shape index (κ3) is 10.5. The molecule has 1 unspecified atom stereocenters. The van der Waals surface area contributed by atoms with E-state index >= 15 is 0 Å². The minimum Gasteiger partial charge on any atom is -0.457 e. The second kappa shape index (κ2) is 16.0. The van der Waals surface area contributed by atoms with Crippen LogP contribution in [0.3, 0.4) is 0 Å². The Hall–Kier alpha value is -2.66. The summed E-state index contributed by atoms with van der Waals surface area (Å²) in [4.78, 5) is 24.7. The van der Waals surface area contributed by atoms with E-state index in [4.69, 9.17) is 14.2 Å². The Kier molecular flexibility index (Phi) is 13.0. The van der Waals surface area contributed by atoms with Crippen LogP contribution < -0.4 is 4.74 Å². The number of ether oxygens (including phenoxy) is 3. The molecule has 2 rings (SSSR count). The number of esters is 2. The van der Waals surface area contributed by atoms with Gasteiger partial charge in [0.1, 0.15) is 11.9 Å². The van der Waals surface area contributed by atoms with Crippen LogP contribution in [0.25, 0.3) is 0 Å². The highest BCUT2D eigenvalue weighted by Crippen LogP contribution is 2.17. The van der Waals surface area contributed by atoms with Crippen LogP contribution in [0, 0.1) is 0 Å². The molecule has 0 heterocycles. The summed E-state index contributed by atoms with van der Waals surface area (Å²) < 4.78 is 16.0. The predicted molar refractivity (Wildman–Crippen MR) is 136 cm³/mol. The van der Waals surface area contributed by atoms with Gasteiger partial charge in [-0.15, -0.1) is 0 Å². The van der Waals surface area contributed by atoms with Crippen molar-refractivity contribution < 1.29 is 23.8 Å². The molecule has 1 atom stereocenters. The molecule has 2 aromatic rings. The SMILES string of the molecule is CCCCCCCCCCc1ccc(C(=O)Oc2ccc(C(=O)OC(C)COCC)cc2)cc1. The van der Waals surface area contributed by atoms with E-state index in [9.17, 15) is 9.59 Å². The predicted octanol–water partition coefficient (Wildman–Crippen LogP) is 7.17. The van der Waals surface area contributed by atoms with Gasteiger partial charge in [-0.2, -0.15) is 0 Å². The van der Waals surface area contributed by atoms with E-state index < -0.39 is 11.9 Å². The van der Waals surface area contributed by atoms with E-state index in [0.29, 0.717) is 30.1 Å². The molecular weight excluding hydrogens is 428 g/mol. The summed E-state index contributed by atoms with van der Waals surface area (Å²) in [7, 11) is 0. The highest BCUT2D eigenvalue weighted by Gasteiger charge is 2.13. The van der Waals surface area contributed by atoms with Crippen LogP contribution in [0.2, 0.25) is 0 Å². The van der Waals surface area contributed by atoms with Crippen LogP contribution in [0.15, 0.2) is 48.5 Å². The first kappa shape index (κ1) is 27.6. The molecule has 0 aromatic heterocycles. The molecule has 0 amide bonds. The second-order valence-corrected chi connectivity index (χ2v) is 8.71. The first-order valence-electron chi connectivity index (χ1n) is 12.7. The Labute approximate surface area is 204 Å². The maximum Gasteiger partial charge on any atom is 0.343 e. The fourth-order valence-electron chi connectivity index (χ4n) is 3.66. The minimum absolute atomic E-state index is 0.330. The molecule has 0 bridgehead atoms. The van der Waals surface area contributed by atoms with Crippen molar-refractivity contribution in [2.45, 2.75) is 84.7 Å². The Morgan fingerprint density at radius 2 is 1.29 bits per heavy atom. The molecular formula is C29H40O5. The van der Waals surface area contributed by atoms with Crippen molar-refractivity contribution in [2.24, 2.45) is 0 Å². The van der Waals surface area contributed by atoms with Gasteiger partial charge in [0, 0.05) is 6.61 Å². The maximum absolute atomic E-state index is 12.5. The minimum atomic E-state index is -0.433. The van der Waals surface area contributed by atoms with Crippen molar-refractivity contribution >= 4 is 11.9 Å². The molecule has 0 aliphatic rings.